The van der Waals surface area contributed by atoms with Crippen LogP contribution in [0.2, 0.25) is 0 Å². The van der Waals surface area contributed by atoms with Crippen molar-refractivity contribution in [2.45, 2.75) is 6.92 Å². The second kappa shape index (κ2) is 7.88. The Hall–Kier alpha value is -4.25. The molecule has 0 saturated heterocycles. The Morgan fingerprint density at radius 1 is 0.806 bits per heavy atom. The van der Waals surface area contributed by atoms with Gasteiger partial charge >= 0.3 is 0 Å². The van der Waals surface area contributed by atoms with E-state index in [-0.39, 0.29) is 11.7 Å². The van der Waals surface area contributed by atoms with Gasteiger partial charge in [0, 0.05) is 11.3 Å². The number of rotatable bonds is 4. The van der Waals surface area contributed by atoms with Gasteiger partial charge in [-0.2, -0.15) is 0 Å². The second-order valence-electron chi connectivity index (χ2n) is 7.39. The Labute approximate surface area is 180 Å². The lowest BCUT2D eigenvalue weighted by Gasteiger charge is -2.06. The summed E-state index contributed by atoms with van der Waals surface area (Å²) >= 11 is 0. The molecule has 5 aromatic rings. The fraction of sp³-hybridized carbons (Fsp3) is 0.0385. The second-order valence-corrected chi connectivity index (χ2v) is 7.39. The molecule has 31 heavy (non-hydrogen) atoms. The fourth-order valence-corrected chi connectivity index (χ4v) is 3.58. The van der Waals surface area contributed by atoms with Gasteiger partial charge in [-0.05, 0) is 48.0 Å². The predicted octanol–water partition coefficient (Wildman–Crippen LogP) is 5.65. The first-order valence-corrected chi connectivity index (χ1v) is 10.1. The Kier molecular flexibility index (Phi) is 4.77. The van der Waals surface area contributed by atoms with Crippen LogP contribution in [0.3, 0.4) is 0 Å². The summed E-state index contributed by atoms with van der Waals surface area (Å²) in [5.74, 6) is 0.394. The normalized spacial score (nSPS) is 10.9. The first-order valence-electron chi connectivity index (χ1n) is 10.1. The number of anilines is 1. The molecule has 0 aliphatic heterocycles. The number of aromatic nitrogens is 3. The van der Waals surface area contributed by atoms with Gasteiger partial charge in [0.15, 0.2) is 5.82 Å². The largest absolute Gasteiger partial charge is 0.319 e. The molecule has 0 unspecified atom stereocenters. The first-order chi connectivity index (χ1) is 15.2. The zero-order valence-corrected chi connectivity index (χ0v) is 17.0. The fourth-order valence-electron chi connectivity index (χ4n) is 3.58. The molecule has 0 atom stereocenters. The summed E-state index contributed by atoms with van der Waals surface area (Å²) in [6.07, 6.45) is 0. The molecule has 0 aliphatic carbocycles. The Balaban J connectivity index is 1.53. The Morgan fingerprint density at radius 2 is 1.58 bits per heavy atom. The predicted molar refractivity (Wildman–Crippen MR) is 123 cm³/mol. The zero-order valence-electron chi connectivity index (χ0n) is 17.0. The van der Waals surface area contributed by atoms with Crippen LogP contribution in [0.15, 0.2) is 97.1 Å². The highest BCUT2D eigenvalue weighted by Gasteiger charge is 2.19. The number of benzene rings is 4. The van der Waals surface area contributed by atoms with Crippen LogP contribution in [0, 0.1) is 6.92 Å². The van der Waals surface area contributed by atoms with Gasteiger partial charge in [0.25, 0.3) is 5.91 Å². The minimum absolute atomic E-state index is 0.119. The van der Waals surface area contributed by atoms with E-state index in [4.69, 9.17) is 0 Å². The molecule has 1 N–H and O–H groups in total. The molecule has 1 amide bonds. The average molecular weight is 404 g/mol. The van der Waals surface area contributed by atoms with E-state index >= 15 is 0 Å². The van der Waals surface area contributed by atoms with Gasteiger partial charge < -0.3 is 5.32 Å². The van der Waals surface area contributed by atoms with Gasteiger partial charge in [-0.1, -0.05) is 72.3 Å². The molecule has 0 fully saturated rings. The summed E-state index contributed by atoms with van der Waals surface area (Å²) in [6, 6.07) is 31.6. The van der Waals surface area contributed by atoms with Gasteiger partial charge in [-0.25, -0.2) is 9.67 Å². The van der Waals surface area contributed by atoms with Crippen molar-refractivity contribution in [2.24, 2.45) is 0 Å². The molecule has 0 radical (unpaired) electrons. The lowest BCUT2D eigenvalue weighted by atomic mass is 10.1. The maximum absolute atomic E-state index is 13.0. The summed E-state index contributed by atoms with van der Waals surface area (Å²) in [7, 11) is 0. The van der Waals surface area contributed by atoms with Crippen LogP contribution in [0.1, 0.15) is 16.2 Å². The smallest absolute Gasteiger partial charge is 0.295 e. The molecule has 5 rings (SSSR count). The van der Waals surface area contributed by atoms with E-state index in [1.165, 1.54) is 0 Å². The van der Waals surface area contributed by atoms with Crippen molar-refractivity contribution in [3.63, 3.8) is 0 Å². The number of para-hydroxylation sites is 1. The molecular formula is C26H20N4O. The number of amides is 1. The summed E-state index contributed by atoms with van der Waals surface area (Å²) in [5.41, 5.74) is 3.57. The third-order valence-electron chi connectivity index (χ3n) is 5.09. The van der Waals surface area contributed by atoms with Crippen LogP contribution in [-0.2, 0) is 0 Å². The van der Waals surface area contributed by atoms with E-state index in [2.05, 4.69) is 15.4 Å². The first kappa shape index (κ1) is 18.8. The average Bonchev–Trinajstić information content (AvgIpc) is 3.25. The molecule has 4 aromatic carbocycles. The third-order valence-corrected chi connectivity index (χ3v) is 5.09. The number of nitrogens with zero attached hydrogens (tertiary/aromatic N) is 3. The minimum atomic E-state index is -0.348. The number of fused-ring (bicyclic) bond motifs is 1. The molecule has 5 heteroatoms. The molecule has 0 aliphatic rings. The van der Waals surface area contributed by atoms with Gasteiger partial charge in [-0.15, -0.1) is 5.10 Å². The number of carbonyl (C=O) groups excluding carboxylic acids is 1. The van der Waals surface area contributed by atoms with E-state index in [1.54, 1.807) is 4.68 Å². The van der Waals surface area contributed by atoms with Crippen molar-refractivity contribution in [3.8, 4) is 17.1 Å². The van der Waals surface area contributed by atoms with Crippen LogP contribution >= 0.6 is 0 Å². The van der Waals surface area contributed by atoms with E-state index in [9.17, 15) is 4.79 Å². The van der Waals surface area contributed by atoms with E-state index in [0.29, 0.717) is 11.5 Å². The van der Waals surface area contributed by atoms with Crippen molar-refractivity contribution >= 4 is 22.4 Å². The Morgan fingerprint density at radius 3 is 2.39 bits per heavy atom. The van der Waals surface area contributed by atoms with E-state index in [0.717, 1.165) is 27.6 Å². The highest BCUT2D eigenvalue weighted by molar-refractivity contribution is 6.03. The quantitative estimate of drug-likeness (QED) is 0.421. The standard InChI is InChI=1S/C26H20N4O/c1-18-8-7-11-21(16-18)25-28-24(29-30(25)23-12-3-2-4-13-23)26(31)27-22-15-14-19-9-5-6-10-20(19)17-22/h2-17H,1H3,(H,27,31). The third kappa shape index (κ3) is 3.81. The molecule has 5 nitrogen and oxygen atoms in total. The number of nitrogens with one attached hydrogen (secondary N) is 1. The minimum Gasteiger partial charge on any atom is -0.319 e. The molecule has 1 aromatic heterocycles. The highest BCUT2D eigenvalue weighted by Crippen LogP contribution is 2.23. The Bertz CT molecular complexity index is 1390. The van der Waals surface area contributed by atoms with Crippen molar-refractivity contribution < 1.29 is 4.79 Å². The van der Waals surface area contributed by atoms with Crippen molar-refractivity contribution in [1.29, 1.82) is 0 Å². The van der Waals surface area contributed by atoms with Crippen molar-refractivity contribution in [1.82, 2.24) is 14.8 Å². The number of hydrogen-bond acceptors (Lipinski definition) is 3. The number of carbonyl (C=O) groups is 1. The molecule has 0 saturated carbocycles. The monoisotopic (exact) mass is 404 g/mol. The number of aryl methyl sites for hydroxylation is 1. The van der Waals surface area contributed by atoms with Crippen LogP contribution < -0.4 is 5.32 Å². The SMILES string of the molecule is Cc1cccc(-c2nc(C(=O)Nc3ccc4ccccc4c3)nn2-c2ccccc2)c1. The maximum atomic E-state index is 13.0. The molecular weight excluding hydrogens is 384 g/mol. The van der Waals surface area contributed by atoms with Gasteiger partial charge in [0.05, 0.1) is 5.69 Å². The van der Waals surface area contributed by atoms with Crippen LogP contribution in [0.4, 0.5) is 5.69 Å². The molecule has 0 spiro atoms. The van der Waals surface area contributed by atoms with Crippen LogP contribution in [0.25, 0.3) is 27.8 Å². The molecule has 0 bridgehead atoms. The lowest BCUT2D eigenvalue weighted by Crippen LogP contribution is -2.14. The molecule has 1 heterocycles. The van der Waals surface area contributed by atoms with Gasteiger partial charge in [0.1, 0.15) is 0 Å². The highest BCUT2D eigenvalue weighted by atomic mass is 16.2. The van der Waals surface area contributed by atoms with E-state index in [1.807, 2.05) is 104 Å². The summed E-state index contributed by atoms with van der Waals surface area (Å²) in [4.78, 5) is 17.6. The van der Waals surface area contributed by atoms with Crippen LogP contribution in [-0.4, -0.2) is 20.7 Å². The summed E-state index contributed by atoms with van der Waals surface area (Å²) in [5, 5.41) is 9.64. The van der Waals surface area contributed by atoms with Gasteiger partial charge in [-0.3, -0.25) is 4.79 Å². The summed E-state index contributed by atoms with van der Waals surface area (Å²) < 4.78 is 1.71. The topological polar surface area (TPSA) is 59.8 Å². The molecule has 150 valence electrons. The maximum Gasteiger partial charge on any atom is 0.295 e. The van der Waals surface area contributed by atoms with Crippen LogP contribution in [0.5, 0.6) is 0 Å². The zero-order chi connectivity index (χ0) is 21.2. The van der Waals surface area contributed by atoms with Gasteiger partial charge in [0.2, 0.25) is 5.82 Å². The summed E-state index contributed by atoms with van der Waals surface area (Å²) in [6.45, 7) is 2.03. The van der Waals surface area contributed by atoms with Crippen molar-refractivity contribution in [2.75, 3.05) is 5.32 Å². The van der Waals surface area contributed by atoms with Crippen molar-refractivity contribution in [3.05, 3.63) is 108 Å². The van der Waals surface area contributed by atoms with E-state index < -0.39 is 0 Å². The lowest BCUT2D eigenvalue weighted by molar-refractivity contribution is 0.101. The number of hydrogen-bond donors (Lipinski definition) is 1.